The van der Waals surface area contributed by atoms with Crippen LogP contribution in [-0.4, -0.2) is 64.4 Å². The number of imidazole rings is 1. The number of hydrogen-bond donors (Lipinski definition) is 5. The van der Waals surface area contributed by atoms with Gasteiger partial charge in [0.2, 0.25) is 0 Å². The number of rotatable bonds is 1. The molecule has 0 bridgehead atoms. The van der Waals surface area contributed by atoms with E-state index in [1.165, 1.54) is 17.2 Å². The Balaban J connectivity index is 2.12. The second-order valence-electron chi connectivity index (χ2n) is 4.54. The molecule has 3 rings (SSSR count). The first-order valence-corrected chi connectivity index (χ1v) is 5.67. The molecule has 0 aliphatic heterocycles. The van der Waals surface area contributed by atoms with Crippen LogP contribution in [0.4, 0.5) is 5.82 Å². The van der Waals surface area contributed by atoms with E-state index in [2.05, 4.69) is 15.0 Å². The number of fused-ring (bicyclic) bond motifs is 1. The minimum Gasteiger partial charge on any atom is -0.388 e. The Bertz CT molecular complexity index is 603. The number of aromatic nitrogens is 4. The quantitative estimate of drug-likeness (QED) is 0.377. The molecular weight excluding hydrogens is 254 g/mol. The van der Waals surface area contributed by atoms with Gasteiger partial charge in [-0.3, -0.25) is 0 Å². The lowest BCUT2D eigenvalue weighted by molar-refractivity contribution is -0.0413. The standard InChI is InChI=1S/C10H13N5O4/c11-9-3-10(13-1-12-9)15(2-14-3)4-5(16)7(18)8(19)6(4)17/h1-2,4-8,16-19H,(H2,11,12,13)/t4?,5-,6-,7-,8+/m0/s1. The Kier molecular flexibility index (Phi) is 2.64. The predicted octanol–water partition coefficient (Wildman–Crippen LogP) is -2.59. The number of hydrogen-bond acceptors (Lipinski definition) is 8. The van der Waals surface area contributed by atoms with Crippen LogP contribution >= 0.6 is 0 Å². The first-order valence-electron chi connectivity index (χ1n) is 5.67. The Morgan fingerprint density at radius 3 is 2.21 bits per heavy atom. The highest BCUT2D eigenvalue weighted by Gasteiger charge is 2.49. The molecule has 0 saturated heterocycles. The molecule has 0 aromatic carbocycles. The molecular formula is C10H13N5O4. The van der Waals surface area contributed by atoms with Crippen molar-refractivity contribution in [3.8, 4) is 0 Å². The molecule has 6 N–H and O–H groups in total. The maximum atomic E-state index is 9.91. The predicted molar refractivity (Wildman–Crippen MR) is 62.8 cm³/mol. The van der Waals surface area contributed by atoms with Gasteiger partial charge in [-0.25, -0.2) is 15.0 Å². The van der Waals surface area contributed by atoms with E-state index in [0.717, 1.165) is 0 Å². The van der Waals surface area contributed by atoms with Crippen LogP contribution < -0.4 is 5.73 Å². The van der Waals surface area contributed by atoms with Gasteiger partial charge < -0.3 is 30.7 Å². The fourth-order valence-corrected chi connectivity index (χ4v) is 2.43. The maximum Gasteiger partial charge on any atom is 0.165 e. The third-order valence-corrected chi connectivity index (χ3v) is 3.46. The first kappa shape index (κ1) is 12.2. The van der Waals surface area contributed by atoms with Crippen LogP contribution in [0.15, 0.2) is 12.7 Å². The second-order valence-corrected chi connectivity index (χ2v) is 4.54. The lowest BCUT2D eigenvalue weighted by atomic mass is 10.2. The Morgan fingerprint density at radius 2 is 1.58 bits per heavy atom. The molecule has 2 heterocycles. The highest BCUT2D eigenvalue weighted by atomic mass is 16.4. The lowest BCUT2D eigenvalue weighted by Crippen LogP contribution is -2.32. The van der Waals surface area contributed by atoms with Crippen molar-refractivity contribution < 1.29 is 20.4 Å². The van der Waals surface area contributed by atoms with Crippen molar-refractivity contribution in [3.63, 3.8) is 0 Å². The van der Waals surface area contributed by atoms with Crippen LogP contribution in [0, 0.1) is 0 Å². The summed E-state index contributed by atoms with van der Waals surface area (Å²) in [6, 6.07) is -0.954. The van der Waals surface area contributed by atoms with Gasteiger partial charge in [-0.05, 0) is 0 Å². The van der Waals surface area contributed by atoms with Crippen LogP contribution in [0.5, 0.6) is 0 Å². The number of aliphatic hydroxyl groups excluding tert-OH is 4. The molecule has 102 valence electrons. The average molecular weight is 267 g/mol. The number of nitrogens with zero attached hydrogens (tertiary/aromatic N) is 4. The molecule has 1 saturated carbocycles. The number of aliphatic hydroxyl groups is 4. The van der Waals surface area contributed by atoms with Gasteiger partial charge in [0.25, 0.3) is 0 Å². The van der Waals surface area contributed by atoms with Crippen molar-refractivity contribution in [1.29, 1.82) is 0 Å². The Morgan fingerprint density at radius 1 is 0.947 bits per heavy atom. The summed E-state index contributed by atoms with van der Waals surface area (Å²) < 4.78 is 1.38. The van der Waals surface area contributed by atoms with Gasteiger partial charge in [0.1, 0.15) is 36.3 Å². The largest absolute Gasteiger partial charge is 0.388 e. The van der Waals surface area contributed by atoms with Crippen LogP contribution in [-0.2, 0) is 0 Å². The van der Waals surface area contributed by atoms with Crippen LogP contribution in [0.3, 0.4) is 0 Å². The third kappa shape index (κ3) is 1.60. The molecule has 0 amide bonds. The number of anilines is 1. The van der Waals surface area contributed by atoms with E-state index in [1.807, 2.05) is 0 Å². The van der Waals surface area contributed by atoms with E-state index < -0.39 is 30.5 Å². The van der Waals surface area contributed by atoms with Gasteiger partial charge in [0.05, 0.1) is 12.4 Å². The van der Waals surface area contributed by atoms with Crippen molar-refractivity contribution in [1.82, 2.24) is 19.5 Å². The molecule has 9 heteroatoms. The van der Waals surface area contributed by atoms with Gasteiger partial charge >= 0.3 is 0 Å². The minimum absolute atomic E-state index is 0.173. The van der Waals surface area contributed by atoms with Gasteiger partial charge in [-0.15, -0.1) is 0 Å². The van der Waals surface area contributed by atoms with E-state index in [9.17, 15) is 20.4 Å². The van der Waals surface area contributed by atoms with E-state index >= 15 is 0 Å². The van der Waals surface area contributed by atoms with Gasteiger partial charge in [-0.2, -0.15) is 0 Å². The molecule has 0 spiro atoms. The van der Waals surface area contributed by atoms with E-state index in [-0.39, 0.29) is 5.82 Å². The molecule has 19 heavy (non-hydrogen) atoms. The van der Waals surface area contributed by atoms with Crippen LogP contribution in [0.2, 0.25) is 0 Å². The fraction of sp³-hybridized carbons (Fsp3) is 0.500. The Hall–Kier alpha value is -1.81. The normalized spacial score (nSPS) is 32.2. The van der Waals surface area contributed by atoms with E-state index in [1.54, 1.807) is 0 Å². The summed E-state index contributed by atoms with van der Waals surface area (Å²) in [5.74, 6) is 0.173. The summed E-state index contributed by atoms with van der Waals surface area (Å²) >= 11 is 0. The fourth-order valence-electron chi connectivity index (χ4n) is 2.43. The van der Waals surface area contributed by atoms with Gasteiger partial charge in [0, 0.05) is 0 Å². The smallest absolute Gasteiger partial charge is 0.165 e. The zero-order valence-corrected chi connectivity index (χ0v) is 9.70. The minimum atomic E-state index is -1.43. The topological polar surface area (TPSA) is 151 Å². The van der Waals surface area contributed by atoms with Crippen molar-refractivity contribution in [2.75, 3.05) is 5.73 Å². The summed E-state index contributed by atoms with van der Waals surface area (Å²) in [6.07, 6.45) is -2.97. The zero-order valence-electron chi connectivity index (χ0n) is 9.70. The van der Waals surface area contributed by atoms with Crippen LogP contribution in [0.25, 0.3) is 11.2 Å². The number of nitrogens with two attached hydrogens (primary N) is 1. The third-order valence-electron chi connectivity index (χ3n) is 3.46. The molecule has 1 aliphatic carbocycles. The SMILES string of the molecule is Nc1ncnc2c1ncn2C1[C@H](O)[C@H](O)[C@H](O)[C@H]1O. The summed E-state index contributed by atoms with van der Waals surface area (Å²) in [7, 11) is 0. The molecule has 1 fully saturated rings. The maximum absolute atomic E-state index is 9.91. The van der Waals surface area contributed by atoms with E-state index in [4.69, 9.17) is 5.73 Å². The average Bonchev–Trinajstić information content (AvgIpc) is 2.89. The van der Waals surface area contributed by atoms with Gasteiger partial charge in [0.15, 0.2) is 11.5 Å². The summed E-state index contributed by atoms with van der Waals surface area (Å²) in [4.78, 5) is 11.8. The summed E-state index contributed by atoms with van der Waals surface area (Å²) in [5, 5.41) is 39.0. The molecule has 5 atom stereocenters. The molecule has 1 aliphatic rings. The zero-order chi connectivity index (χ0) is 13.7. The summed E-state index contributed by atoms with van der Waals surface area (Å²) in [6.45, 7) is 0. The highest BCUT2D eigenvalue weighted by molar-refractivity contribution is 5.81. The molecule has 2 aromatic heterocycles. The molecule has 2 aromatic rings. The second kappa shape index (κ2) is 4.10. The first-order chi connectivity index (χ1) is 9.02. The monoisotopic (exact) mass is 267 g/mol. The molecule has 0 radical (unpaired) electrons. The Labute approximate surface area is 107 Å². The van der Waals surface area contributed by atoms with Gasteiger partial charge in [-0.1, -0.05) is 0 Å². The lowest BCUT2D eigenvalue weighted by Gasteiger charge is -2.20. The molecule has 1 unspecified atom stereocenters. The summed E-state index contributed by atoms with van der Waals surface area (Å²) in [5.41, 5.74) is 6.29. The number of nitrogen functional groups attached to an aromatic ring is 1. The molecule has 9 nitrogen and oxygen atoms in total. The van der Waals surface area contributed by atoms with Crippen molar-refractivity contribution in [3.05, 3.63) is 12.7 Å². The van der Waals surface area contributed by atoms with Crippen molar-refractivity contribution in [2.45, 2.75) is 30.5 Å². The highest BCUT2D eigenvalue weighted by Crippen LogP contribution is 2.33. The van der Waals surface area contributed by atoms with E-state index in [0.29, 0.717) is 11.2 Å². The van der Waals surface area contributed by atoms with Crippen LogP contribution in [0.1, 0.15) is 6.04 Å². The van der Waals surface area contributed by atoms with Crippen molar-refractivity contribution in [2.24, 2.45) is 0 Å². The van der Waals surface area contributed by atoms with Crippen molar-refractivity contribution >= 4 is 17.0 Å².